The van der Waals surface area contributed by atoms with Gasteiger partial charge in [0.15, 0.2) is 5.78 Å². The summed E-state index contributed by atoms with van der Waals surface area (Å²) in [6, 6.07) is 0. The number of hydrogen-bond acceptors (Lipinski definition) is 2. The Morgan fingerprint density at radius 1 is 1.12 bits per heavy atom. The Labute approximate surface area is 151 Å². The Bertz CT molecular complexity index is 728. The molecule has 0 N–H and O–H groups in total. The molecular formula is C23H30O2. The number of hydrogen-bond donors (Lipinski definition) is 0. The first-order valence-electron chi connectivity index (χ1n) is 10.2. The van der Waals surface area contributed by atoms with E-state index in [0.717, 1.165) is 50.2 Å². The zero-order valence-corrected chi connectivity index (χ0v) is 15.7. The summed E-state index contributed by atoms with van der Waals surface area (Å²) >= 11 is 0. The highest BCUT2D eigenvalue weighted by atomic mass is 16.5. The molecule has 2 heteroatoms. The molecule has 0 aromatic heterocycles. The molecule has 3 fully saturated rings. The van der Waals surface area contributed by atoms with Crippen molar-refractivity contribution in [3.05, 3.63) is 35.6 Å². The van der Waals surface area contributed by atoms with Gasteiger partial charge in [0.1, 0.15) is 5.60 Å². The highest BCUT2D eigenvalue weighted by molar-refractivity contribution is 5.92. The van der Waals surface area contributed by atoms with Crippen LogP contribution in [-0.4, -0.2) is 11.4 Å². The molecular weight excluding hydrogens is 308 g/mol. The first kappa shape index (κ1) is 15.9. The molecule has 25 heavy (non-hydrogen) atoms. The van der Waals surface area contributed by atoms with Crippen molar-refractivity contribution in [3.63, 3.8) is 0 Å². The molecule has 5 aliphatic rings. The van der Waals surface area contributed by atoms with Crippen molar-refractivity contribution in [3.8, 4) is 0 Å². The first-order chi connectivity index (χ1) is 11.9. The molecule has 5 atom stereocenters. The van der Waals surface area contributed by atoms with Gasteiger partial charge in [0.05, 0.1) is 5.76 Å². The number of carbonyl (C=O) groups excluding carboxylic acids is 1. The average Bonchev–Trinajstić information content (AvgIpc) is 3.10. The molecule has 5 rings (SSSR count). The standard InChI is InChI=1S/C23H30O2/c1-15-6-12-23(25-15)13-9-20-18-5-4-16-14-17(24)7-10-21(16,2)19(18)8-11-22(20,23)3/h8,14,18,20H,1,4-7,9-13H2,2-3H3/t18?,20?,21?,22?,23-/m0/s1. The van der Waals surface area contributed by atoms with Gasteiger partial charge in [-0.1, -0.05) is 37.6 Å². The molecule has 0 aromatic carbocycles. The molecule has 1 saturated heterocycles. The molecule has 2 nitrogen and oxygen atoms in total. The van der Waals surface area contributed by atoms with Gasteiger partial charge in [0, 0.05) is 23.7 Å². The highest BCUT2D eigenvalue weighted by Gasteiger charge is 2.64. The predicted octanol–water partition coefficient (Wildman–Crippen LogP) is 5.50. The molecule has 1 aliphatic heterocycles. The fourth-order valence-corrected chi connectivity index (χ4v) is 7.24. The van der Waals surface area contributed by atoms with E-state index in [9.17, 15) is 4.79 Å². The summed E-state index contributed by atoms with van der Waals surface area (Å²) in [7, 11) is 0. The lowest BCUT2D eigenvalue weighted by molar-refractivity contribution is -0.115. The number of ketones is 1. The molecule has 0 bridgehead atoms. The number of fused-ring (bicyclic) bond motifs is 6. The zero-order valence-electron chi connectivity index (χ0n) is 15.7. The van der Waals surface area contributed by atoms with Crippen molar-refractivity contribution in [2.75, 3.05) is 0 Å². The molecule has 4 unspecified atom stereocenters. The van der Waals surface area contributed by atoms with E-state index < -0.39 is 0 Å². The lowest BCUT2D eigenvalue weighted by Gasteiger charge is -2.55. The number of rotatable bonds is 0. The normalized spacial score (nSPS) is 48.4. The lowest BCUT2D eigenvalue weighted by Crippen LogP contribution is -2.50. The monoisotopic (exact) mass is 338 g/mol. The second-order valence-electron chi connectivity index (χ2n) is 9.67. The molecule has 2 saturated carbocycles. The third kappa shape index (κ3) is 1.89. The van der Waals surface area contributed by atoms with Gasteiger partial charge >= 0.3 is 0 Å². The Morgan fingerprint density at radius 2 is 1.96 bits per heavy atom. The third-order valence-electron chi connectivity index (χ3n) is 8.77. The maximum absolute atomic E-state index is 11.9. The van der Waals surface area contributed by atoms with Gasteiger partial charge < -0.3 is 4.74 Å². The van der Waals surface area contributed by atoms with Crippen LogP contribution in [0.25, 0.3) is 0 Å². The van der Waals surface area contributed by atoms with Crippen molar-refractivity contribution < 1.29 is 9.53 Å². The van der Waals surface area contributed by atoms with Crippen LogP contribution in [0.1, 0.15) is 71.6 Å². The Morgan fingerprint density at radius 3 is 2.72 bits per heavy atom. The van der Waals surface area contributed by atoms with Crippen molar-refractivity contribution >= 4 is 5.78 Å². The summed E-state index contributed by atoms with van der Waals surface area (Å²) in [6.45, 7) is 9.02. The number of allylic oxidation sites excluding steroid dienone is 5. The average molecular weight is 338 g/mol. The van der Waals surface area contributed by atoms with E-state index >= 15 is 0 Å². The van der Waals surface area contributed by atoms with Crippen LogP contribution in [0.4, 0.5) is 0 Å². The molecule has 1 spiro atoms. The third-order valence-corrected chi connectivity index (χ3v) is 8.77. The molecule has 0 amide bonds. The fourth-order valence-electron chi connectivity index (χ4n) is 7.24. The minimum atomic E-state index is 0.0380. The van der Waals surface area contributed by atoms with E-state index in [1.807, 2.05) is 6.08 Å². The van der Waals surface area contributed by atoms with Crippen LogP contribution in [0.15, 0.2) is 35.6 Å². The van der Waals surface area contributed by atoms with Crippen LogP contribution < -0.4 is 0 Å². The van der Waals surface area contributed by atoms with E-state index in [4.69, 9.17) is 4.74 Å². The molecule has 0 radical (unpaired) electrons. The topological polar surface area (TPSA) is 26.3 Å². The first-order valence-corrected chi connectivity index (χ1v) is 10.2. The molecule has 1 heterocycles. The summed E-state index contributed by atoms with van der Waals surface area (Å²) < 4.78 is 6.43. The fraction of sp³-hybridized carbons (Fsp3) is 0.696. The van der Waals surface area contributed by atoms with Crippen molar-refractivity contribution in [1.29, 1.82) is 0 Å². The van der Waals surface area contributed by atoms with Gasteiger partial charge in [-0.2, -0.15) is 0 Å². The lowest BCUT2D eigenvalue weighted by atomic mass is 9.50. The van der Waals surface area contributed by atoms with Crippen LogP contribution in [0.5, 0.6) is 0 Å². The van der Waals surface area contributed by atoms with Gasteiger partial charge in [0.2, 0.25) is 0 Å². The van der Waals surface area contributed by atoms with Gasteiger partial charge in [-0.3, -0.25) is 4.79 Å². The minimum absolute atomic E-state index is 0.0380. The van der Waals surface area contributed by atoms with Crippen LogP contribution in [-0.2, 0) is 9.53 Å². The second kappa shape index (κ2) is 4.90. The van der Waals surface area contributed by atoms with Crippen LogP contribution in [0.3, 0.4) is 0 Å². The van der Waals surface area contributed by atoms with Gasteiger partial charge in [-0.05, 0) is 62.9 Å². The second-order valence-corrected chi connectivity index (χ2v) is 9.67. The van der Waals surface area contributed by atoms with E-state index in [1.165, 1.54) is 24.8 Å². The summed E-state index contributed by atoms with van der Waals surface area (Å²) in [5, 5.41) is 0. The van der Waals surface area contributed by atoms with E-state index in [0.29, 0.717) is 11.7 Å². The van der Waals surface area contributed by atoms with Crippen molar-refractivity contribution in [2.24, 2.45) is 22.7 Å². The van der Waals surface area contributed by atoms with Crippen LogP contribution in [0.2, 0.25) is 0 Å². The summed E-state index contributed by atoms with van der Waals surface area (Å²) in [5.41, 5.74) is 3.51. The maximum Gasteiger partial charge on any atom is 0.155 e. The van der Waals surface area contributed by atoms with Crippen LogP contribution in [0, 0.1) is 22.7 Å². The van der Waals surface area contributed by atoms with Crippen molar-refractivity contribution in [1.82, 2.24) is 0 Å². The van der Waals surface area contributed by atoms with E-state index in [2.05, 4.69) is 26.5 Å². The largest absolute Gasteiger partial charge is 0.492 e. The molecule has 134 valence electrons. The Hall–Kier alpha value is -1.31. The van der Waals surface area contributed by atoms with E-state index in [-0.39, 0.29) is 16.4 Å². The SMILES string of the molecule is C=C1CC[C@@]2(CCC3C4CCC5=CC(=O)CCC5(C)C4=CCC32C)O1. The Kier molecular flexibility index (Phi) is 3.12. The smallest absolute Gasteiger partial charge is 0.155 e. The van der Waals surface area contributed by atoms with Gasteiger partial charge in [0.25, 0.3) is 0 Å². The van der Waals surface area contributed by atoms with Crippen LogP contribution >= 0.6 is 0 Å². The number of carbonyl (C=O) groups is 1. The van der Waals surface area contributed by atoms with E-state index in [1.54, 1.807) is 5.57 Å². The quantitative estimate of drug-likeness (QED) is 0.545. The van der Waals surface area contributed by atoms with Gasteiger partial charge in [-0.15, -0.1) is 0 Å². The van der Waals surface area contributed by atoms with Gasteiger partial charge in [-0.25, -0.2) is 0 Å². The maximum atomic E-state index is 11.9. The number of ether oxygens (including phenoxy) is 1. The Balaban J connectivity index is 1.55. The predicted molar refractivity (Wildman–Crippen MR) is 98.9 cm³/mol. The summed E-state index contributed by atoms with van der Waals surface area (Å²) in [6.07, 6.45) is 14.4. The van der Waals surface area contributed by atoms with Crippen molar-refractivity contribution in [2.45, 2.75) is 77.2 Å². The zero-order chi connectivity index (χ0) is 17.4. The highest BCUT2D eigenvalue weighted by Crippen LogP contribution is 2.68. The molecule has 0 aromatic rings. The minimum Gasteiger partial charge on any atom is -0.492 e. The molecule has 4 aliphatic carbocycles. The summed E-state index contributed by atoms with van der Waals surface area (Å²) in [5.74, 6) is 2.76. The summed E-state index contributed by atoms with van der Waals surface area (Å²) in [4.78, 5) is 11.9.